The number of nitrogens with one attached hydrogen (secondary N) is 1. The number of aromatic nitrogens is 2. The van der Waals surface area contributed by atoms with Crippen LogP contribution in [-0.2, 0) is 23.1 Å². The van der Waals surface area contributed by atoms with Crippen LogP contribution in [0.4, 0.5) is 10.2 Å². The number of fused-ring (bicyclic) bond motifs is 1. The molecule has 1 N–H and O–H groups in total. The molecule has 1 atom stereocenters. The van der Waals surface area contributed by atoms with Gasteiger partial charge in [-0.25, -0.2) is 14.0 Å². The average molecular weight is 371 g/mol. The van der Waals surface area contributed by atoms with E-state index in [4.69, 9.17) is 4.74 Å². The number of carbonyl (C=O) groups is 1. The van der Waals surface area contributed by atoms with Crippen molar-refractivity contribution in [1.82, 2.24) is 9.13 Å². The van der Waals surface area contributed by atoms with Crippen molar-refractivity contribution >= 4 is 11.8 Å². The van der Waals surface area contributed by atoms with Crippen molar-refractivity contribution in [2.45, 2.75) is 25.8 Å². The normalized spacial score (nSPS) is 18.0. The van der Waals surface area contributed by atoms with Crippen molar-refractivity contribution in [2.75, 3.05) is 11.9 Å². The van der Waals surface area contributed by atoms with Gasteiger partial charge >= 0.3 is 11.7 Å². The van der Waals surface area contributed by atoms with Crippen LogP contribution in [0.1, 0.15) is 30.4 Å². The van der Waals surface area contributed by atoms with Gasteiger partial charge in [0, 0.05) is 13.6 Å². The minimum Gasteiger partial charge on any atom is -0.456 e. The van der Waals surface area contributed by atoms with E-state index in [1.807, 2.05) is 6.92 Å². The highest BCUT2D eigenvalue weighted by Gasteiger charge is 2.41. The Labute approximate surface area is 153 Å². The number of esters is 1. The van der Waals surface area contributed by atoms with E-state index in [1.54, 1.807) is 12.1 Å². The third-order valence-corrected chi connectivity index (χ3v) is 4.97. The molecule has 1 aromatic heterocycles. The zero-order valence-electron chi connectivity index (χ0n) is 14.9. The maximum absolute atomic E-state index is 13.4. The zero-order chi connectivity index (χ0) is 19.3. The summed E-state index contributed by atoms with van der Waals surface area (Å²) in [6.07, 6.45) is 0.689. The van der Waals surface area contributed by atoms with Gasteiger partial charge < -0.3 is 10.1 Å². The fraction of sp³-hybridized carbons (Fsp3) is 0.316. The second-order valence-corrected chi connectivity index (χ2v) is 6.64. The maximum atomic E-state index is 13.4. The molecule has 0 unspecified atom stereocenters. The third-order valence-electron chi connectivity index (χ3n) is 4.97. The molecular formula is C19H18FN3O4. The molecule has 4 rings (SSSR count). The number of cyclic esters (lactones) is 1. The summed E-state index contributed by atoms with van der Waals surface area (Å²) in [5, 5.41) is 3.07. The number of nitrogens with zero attached hydrogens (tertiary/aromatic N) is 2. The van der Waals surface area contributed by atoms with Crippen LogP contribution >= 0.6 is 0 Å². The lowest BCUT2D eigenvalue weighted by Crippen LogP contribution is -2.44. The molecule has 0 aliphatic carbocycles. The molecule has 1 aromatic carbocycles. The Kier molecular flexibility index (Phi) is 3.98. The molecule has 0 amide bonds. The molecule has 0 saturated carbocycles. The molecule has 7 nitrogen and oxygen atoms in total. The van der Waals surface area contributed by atoms with Crippen LogP contribution in [0.2, 0.25) is 0 Å². The standard InChI is InChI=1S/C19H18FN3O4/c1-3-8-23-16-15(17(24)22(2)19(23)26)13(10-4-6-11(20)7-5-10)14-12(21-16)9-27-18(14)25/h4-7,13,21H,3,8-9H2,1-2H3/t13-/m1/s1. The Morgan fingerprint density at radius 2 is 1.93 bits per heavy atom. The van der Waals surface area contributed by atoms with Crippen LogP contribution in [0, 0.1) is 5.82 Å². The van der Waals surface area contributed by atoms with Crippen molar-refractivity contribution in [3.63, 3.8) is 0 Å². The summed E-state index contributed by atoms with van der Waals surface area (Å²) in [5.41, 5.74) is 0.807. The Bertz CT molecular complexity index is 1100. The summed E-state index contributed by atoms with van der Waals surface area (Å²) < 4.78 is 21.1. The van der Waals surface area contributed by atoms with Gasteiger partial charge in [0.05, 0.1) is 22.8 Å². The van der Waals surface area contributed by atoms with Crippen molar-refractivity contribution in [1.29, 1.82) is 0 Å². The quantitative estimate of drug-likeness (QED) is 0.826. The summed E-state index contributed by atoms with van der Waals surface area (Å²) >= 11 is 0. The number of hydrogen-bond acceptors (Lipinski definition) is 5. The first-order valence-corrected chi connectivity index (χ1v) is 8.70. The number of rotatable bonds is 3. The first kappa shape index (κ1) is 17.3. The molecule has 2 aliphatic heterocycles. The fourth-order valence-corrected chi connectivity index (χ4v) is 3.70. The van der Waals surface area contributed by atoms with Gasteiger partial charge in [-0.15, -0.1) is 0 Å². The van der Waals surface area contributed by atoms with Crippen molar-refractivity contribution in [3.05, 3.63) is 73.3 Å². The first-order chi connectivity index (χ1) is 12.9. The number of halogens is 1. The van der Waals surface area contributed by atoms with Gasteiger partial charge in [-0.05, 0) is 24.1 Å². The summed E-state index contributed by atoms with van der Waals surface area (Å²) in [5.74, 6) is -1.29. The maximum Gasteiger partial charge on any atom is 0.337 e. The number of benzene rings is 1. The molecule has 0 bridgehead atoms. The topological polar surface area (TPSA) is 82.3 Å². The van der Waals surface area contributed by atoms with Gasteiger partial charge in [0.2, 0.25) is 0 Å². The van der Waals surface area contributed by atoms with Gasteiger partial charge in [-0.2, -0.15) is 0 Å². The number of hydrogen-bond donors (Lipinski definition) is 1. The largest absolute Gasteiger partial charge is 0.456 e. The molecule has 140 valence electrons. The van der Waals surface area contributed by atoms with Crippen LogP contribution in [0.5, 0.6) is 0 Å². The van der Waals surface area contributed by atoms with E-state index in [1.165, 1.54) is 23.7 Å². The first-order valence-electron chi connectivity index (χ1n) is 8.70. The van der Waals surface area contributed by atoms with E-state index in [2.05, 4.69) is 5.32 Å². The van der Waals surface area contributed by atoms with Gasteiger partial charge in [0.15, 0.2) is 0 Å². The smallest absolute Gasteiger partial charge is 0.337 e. The van der Waals surface area contributed by atoms with Crippen molar-refractivity contribution < 1.29 is 13.9 Å². The predicted molar refractivity (Wildman–Crippen MR) is 96.1 cm³/mol. The Balaban J connectivity index is 2.06. The second-order valence-electron chi connectivity index (χ2n) is 6.64. The number of ether oxygens (including phenoxy) is 1. The highest BCUT2D eigenvalue weighted by Crippen LogP contribution is 2.42. The van der Waals surface area contributed by atoms with E-state index >= 15 is 0 Å². The molecule has 0 spiro atoms. The van der Waals surface area contributed by atoms with Crippen LogP contribution in [0.25, 0.3) is 0 Å². The lowest BCUT2D eigenvalue weighted by molar-refractivity contribution is -0.136. The van der Waals surface area contributed by atoms with Gasteiger partial charge in [-0.1, -0.05) is 19.1 Å². The average Bonchev–Trinajstić information content (AvgIpc) is 3.03. The Morgan fingerprint density at radius 3 is 2.59 bits per heavy atom. The Morgan fingerprint density at radius 1 is 1.22 bits per heavy atom. The number of carbonyl (C=O) groups excluding carboxylic acids is 1. The summed E-state index contributed by atoms with van der Waals surface area (Å²) in [4.78, 5) is 38.0. The van der Waals surface area contributed by atoms with E-state index < -0.39 is 29.0 Å². The lowest BCUT2D eigenvalue weighted by atomic mass is 9.82. The minimum absolute atomic E-state index is 0.0425. The predicted octanol–water partition coefficient (Wildman–Crippen LogP) is 1.46. The zero-order valence-corrected chi connectivity index (χ0v) is 14.9. The molecule has 0 fully saturated rings. The van der Waals surface area contributed by atoms with Crippen LogP contribution in [0.15, 0.2) is 45.1 Å². The molecule has 3 heterocycles. The highest BCUT2D eigenvalue weighted by atomic mass is 19.1. The summed E-state index contributed by atoms with van der Waals surface area (Å²) in [6.45, 7) is 2.38. The van der Waals surface area contributed by atoms with E-state index in [-0.39, 0.29) is 12.2 Å². The van der Waals surface area contributed by atoms with E-state index in [9.17, 15) is 18.8 Å². The van der Waals surface area contributed by atoms with Gasteiger partial charge in [-0.3, -0.25) is 13.9 Å². The monoisotopic (exact) mass is 371 g/mol. The fourth-order valence-electron chi connectivity index (χ4n) is 3.70. The minimum atomic E-state index is -0.728. The highest BCUT2D eigenvalue weighted by molar-refractivity contribution is 5.96. The lowest BCUT2D eigenvalue weighted by Gasteiger charge is -2.29. The van der Waals surface area contributed by atoms with Crippen LogP contribution in [-0.4, -0.2) is 21.7 Å². The second kappa shape index (κ2) is 6.22. The molecule has 2 aliphatic rings. The summed E-state index contributed by atoms with van der Waals surface area (Å²) in [6, 6.07) is 5.65. The van der Waals surface area contributed by atoms with Gasteiger partial charge in [0.1, 0.15) is 18.2 Å². The van der Waals surface area contributed by atoms with Crippen molar-refractivity contribution in [2.24, 2.45) is 7.05 Å². The molecule has 27 heavy (non-hydrogen) atoms. The molecular weight excluding hydrogens is 353 g/mol. The van der Waals surface area contributed by atoms with E-state index in [0.717, 1.165) is 4.57 Å². The van der Waals surface area contributed by atoms with E-state index in [0.29, 0.717) is 35.6 Å². The SMILES string of the molecule is CCCn1c2c(c(=O)n(C)c1=O)[C@H](c1ccc(F)cc1)C1=C(COC1=O)N2. The van der Waals surface area contributed by atoms with Crippen LogP contribution in [0.3, 0.4) is 0 Å². The number of anilines is 1. The molecule has 2 aromatic rings. The molecule has 8 heteroatoms. The van der Waals surface area contributed by atoms with Crippen molar-refractivity contribution in [3.8, 4) is 0 Å². The van der Waals surface area contributed by atoms with Crippen LogP contribution < -0.4 is 16.6 Å². The summed E-state index contributed by atoms with van der Waals surface area (Å²) in [7, 11) is 1.41. The Hall–Kier alpha value is -3.16. The third kappa shape index (κ3) is 2.51. The molecule has 0 saturated heterocycles. The molecule has 0 radical (unpaired) electrons. The van der Waals surface area contributed by atoms with Gasteiger partial charge in [0.25, 0.3) is 5.56 Å².